The van der Waals surface area contributed by atoms with E-state index in [-0.39, 0.29) is 18.3 Å². The molecule has 0 bridgehead atoms. The van der Waals surface area contributed by atoms with Crippen LogP contribution in [0.4, 0.5) is 4.39 Å². The molecule has 0 saturated carbocycles. The van der Waals surface area contributed by atoms with E-state index in [1.807, 2.05) is 18.2 Å². The van der Waals surface area contributed by atoms with Crippen molar-refractivity contribution >= 4 is 5.91 Å². The number of methoxy groups -OCH3 is 1. The van der Waals surface area contributed by atoms with E-state index in [4.69, 9.17) is 14.2 Å². The first kappa shape index (κ1) is 21.8. The Labute approximate surface area is 186 Å². The van der Waals surface area contributed by atoms with E-state index >= 15 is 0 Å². The molecule has 0 aliphatic carbocycles. The first-order valence-electron chi connectivity index (χ1n) is 10.6. The van der Waals surface area contributed by atoms with Crippen molar-refractivity contribution < 1.29 is 23.4 Å². The third-order valence-electron chi connectivity index (χ3n) is 5.41. The zero-order valence-corrected chi connectivity index (χ0v) is 17.9. The van der Waals surface area contributed by atoms with Crippen molar-refractivity contribution in [1.82, 2.24) is 15.1 Å². The van der Waals surface area contributed by atoms with Crippen molar-refractivity contribution in [3.05, 3.63) is 60.4 Å². The second kappa shape index (κ2) is 10.3. The Morgan fingerprint density at radius 2 is 1.88 bits per heavy atom. The van der Waals surface area contributed by atoms with Gasteiger partial charge in [-0.25, -0.2) is 9.07 Å². The summed E-state index contributed by atoms with van der Waals surface area (Å²) >= 11 is 0. The van der Waals surface area contributed by atoms with Crippen molar-refractivity contribution in [1.29, 1.82) is 0 Å². The highest BCUT2D eigenvalue weighted by Gasteiger charge is 2.15. The first-order chi connectivity index (χ1) is 15.6. The number of rotatable bonds is 8. The molecular weight excluding hydrogens is 413 g/mol. The molecule has 8 heteroatoms. The third-order valence-corrected chi connectivity index (χ3v) is 5.41. The monoisotopic (exact) mass is 439 g/mol. The van der Waals surface area contributed by atoms with E-state index in [2.05, 4.69) is 10.4 Å². The molecule has 7 nitrogen and oxygen atoms in total. The predicted octanol–water partition coefficient (Wildman–Crippen LogP) is 3.61. The lowest BCUT2D eigenvalue weighted by Crippen LogP contribution is -2.35. The molecule has 3 aromatic rings. The molecule has 1 aromatic heterocycles. The Kier molecular flexibility index (Phi) is 7.01. The van der Waals surface area contributed by atoms with Crippen LogP contribution in [-0.2, 0) is 9.53 Å². The van der Waals surface area contributed by atoms with Gasteiger partial charge in [-0.15, -0.1) is 0 Å². The Morgan fingerprint density at radius 1 is 1.16 bits per heavy atom. The van der Waals surface area contributed by atoms with Gasteiger partial charge in [0.25, 0.3) is 5.91 Å². The number of carbonyl (C=O) groups excluding carboxylic acids is 1. The van der Waals surface area contributed by atoms with Gasteiger partial charge in [0.1, 0.15) is 11.6 Å². The SMILES string of the molecule is COc1cc(-c2ccc(OCC(=O)NCC3CCOCC3)cc2)nn1-c1ccc(F)cc1. The lowest BCUT2D eigenvalue weighted by molar-refractivity contribution is -0.123. The zero-order chi connectivity index (χ0) is 22.3. The molecule has 1 saturated heterocycles. The number of hydrogen-bond acceptors (Lipinski definition) is 5. The third kappa shape index (κ3) is 5.45. The normalized spacial score (nSPS) is 14.2. The largest absolute Gasteiger partial charge is 0.484 e. The number of benzene rings is 2. The van der Waals surface area contributed by atoms with Gasteiger partial charge in [-0.1, -0.05) is 0 Å². The quantitative estimate of drug-likeness (QED) is 0.581. The van der Waals surface area contributed by atoms with Gasteiger partial charge in [-0.2, -0.15) is 5.10 Å². The molecule has 0 spiro atoms. The summed E-state index contributed by atoms with van der Waals surface area (Å²) in [4.78, 5) is 12.1. The average Bonchev–Trinajstić information content (AvgIpc) is 3.27. The van der Waals surface area contributed by atoms with Gasteiger partial charge in [0, 0.05) is 31.4 Å². The lowest BCUT2D eigenvalue weighted by atomic mass is 10.0. The van der Waals surface area contributed by atoms with Crippen molar-refractivity contribution in [2.45, 2.75) is 12.8 Å². The maximum Gasteiger partial charge on any atom is 0.257 e. The van der Waals surface area contributed by atoms with Crippen molar-refractivity contribution in [3.8, 4) is 28.6 Å². The molecule has 2 heterocycles. The zero-order valence-electron chi connectivity index (χ0n) is 17.9. The van der Waals surface area contributed by atoms with Crippen LogP contribution in [0, 0.1) is 11.7 Å². The lowest BCUT2D eigenvalue weighted by Gasteiger charge is -2.22. The molecule has 0 unspecified atom stereocenters. The van der Waals surface area contributed by atoms with Gasteiger partial charge in [0.15, 0.2) is 6.61 Å². The van der Waals surface area contributed by atoms with Crippen LogP contribution in [0.15, 0.2) is 54.6 Å². The van der Waals surface area contributed by atoms with E-state index in [1.165, 1.54) is 12.1 Å². The molecule has 1 amide bonds. The minimum Gasteiger partial charge on any atom is -0.484 e. The number of aromatic nitrogens is 2. The molecule has 0 atom stereocenters. The Morgan fingerprint density at radius 3 is 2.56 bits per heavy atom. The smallest absolute Gasteiger partial charge is 0.257 e. The highest BCUT2D eigenvalue weighted by molar-refractivity contribution is 5.77. The van der Waals surface area contributed by atoms with Gasteiger partial charge < -0.3 is 19.5 Å². The number of halogens is 1. The summed E-state index contributed by atoms with van der Waals surface area (Å²) in [6, 6.07) is 15.2. The molecule has 1 aliphatic rings. The standard InChI is InChI=1S/C24H26FN3O4/c1-30-24-14-22(27-28(24)20-6-4-19(25)5-7-20)18-2-8-21(9-3-18)32-16-23(29)26-15-17-10-12-31-13-11-17/h2-9,14,17H,10-13,15-16H2,1H3,(H,26,29). The van der Waals surface area contributed by atoms with Crippen molar-refractivity contribution in [2.75, 3.05) is 33.5 Å². The van der Waals surface area contributed by atoms with Gasteiger partial charge in [-0.3, -0.25) is 4.79 Å². The second-order valence-electron chi connectivity index (χ2n) is 7.63. The van der Waals surface area contributed by atoms with Crippen LogP contribution in [0.2, 0.25) is 0 Å². The predicted molar refractivity (Wildman–Crippen MR) is 118 cm³/mol. The van der Waals surface area contributed by atoms with E-state index in [1.54, 1.807) is 36.1 Å². The van der Waals surface area contributed by atoms with Gasteiger partial charge in [0.2, 0.25) is 5.88 Å². The fourth-order valence-corrected chi connectivity index (χ4v) is 3.55. The summed E-state index contributed by atoms with van der Waals surface area (Å²) < 4.78 is 31.2. The maximum absolute atomic E-state index is 13.2. The summed E-state index contributed by atoms with van der Waals surface area (Å²) in [6.07, 6.45) is 1.95. The molecule has 168 valence electrons. The number of hydrogen-bond donors (Lipinski definition) is 1. The topological polar surface area (TPSA) is 74.6 Å². The highest BCUT2D eigenvalue weighted by Crippen LogP contribution is 2.27. The fraction of sp³-hybridized carbons (Fsp3) is 0.333. The van der Waals surface area contributed by atoms with Gasteiger partial charge in [0.05, 0.1) is 18.5 Å². The maximum atomic E-state index is 13.2. The van der Waals surface area contributed by atoms with Crippen LogP contribution in [0.1, 0.15) is 12.8 Å². The first-order valence-corrected chi connectivity index (χ1v) is 10.6. The minimum absolute atomic E-state index is 0.0322. The molecule has 1 aliphatic heterocycles. The number of nitrogens with zero attached hydrogens (tertiary/aromatic N) is 2. The summed E-state index contributed by atoms with van der Waals surface area (Å²) in [6.45, 7) is 2.15. The van der Waals surface area contributed by atoms with E-state index < -0.39 is 0 Å². The molecule has 32 heavy (non-hydrogen) atoms. The Hall–Kier alpha value is -3.39. The number of ether oxygens (including phenoxy) is 3. The van der Waals surface area contributed by atoms with E-state index in [9.17, 15) is 9.18 Å². The van der Waals surface area contributed by atoms with Crippen LogP contribution >= 0.6 is 0 Å². The summed E-state index contributed by atoms with van der Waals surface area (Å²) in [5, 5.41) is 7.50. The van der Waals surface area contributed by atoms with Crippen molar-refractivity contribution in [3.63, 3.8) is 0 Å². The van der Waals surface area contributed by atoms with E-state index in [0.717, 1.165) is 31.6 Å². The summed E-state index contributed by atoms with van der Waals surface area (Å²) in [7, 11) is 1.56. The molecule has 1 N–H and O–H groups in total. The van der Waals surface area contributed by atoms with Gasteiger partial charge in [-0.05, 0) is 67.3 Å². The Bertz CT molecular complexity index is 1030. The summed E-state index contributed by atoms with van der Waals surface area (Å²) in [5.74, 6) is 1.16. The molecule has 2 aromatic carbocycles. The second-order valence-corrected chi connectivity index (χ2v) is 7.63. The van der Waals surface area contributed by atoms with Crippen molar-refractivity contribution in [2.24, 2.45) is 5.92 Å². The van der Waals surface area contributed by atoms with Crippen LogP contribution in [-0.4, -0.2) is 49.2 Å². The number of nitrogens with one attached hydrogen (secondary N) is 1. The van der Waals surface area contributed by atoms with Crippen LogP contribution < -0.4 is 14.8 Å². The molecule has 0 radical (unpaired) electrons. The summed E-state index contributed by atoms with van der Waals surface area (Å²) in [5.41, 5.74) is 2.26. The Balaban J connectivity index is 1.35. The molecular formula is C24H26FN3O4. The number of carbonyl (C=O) groups is 1. The van der Waals surface area contributed by atoms with Crippen LogP contribution in [0.25, 0.3) is 16.9 Å². The highest BCUT2D eigenvalue weighted by atomic mass is 19.1. The van der Waals surface area contributed by atoms with Crippen LogP contribution in [0.3, 0.4) is 0 Å². The minimum atomic E-state index is -0.312. The fourth-order valence-electron chi connectivity index (χ4n) is 3.55. The van der Waals surface area contributed by atoms with Crippen LogP contribution in [0.5, 0.6) is 11.6 Å². The molecule has 4 rings (SSSR count). The molecule has 1 fully saturated rings. The van der Waals surface area contributed by atoms with E-state index in [0.29, 0.717) is 35.5 Å². The average molecular weight is 439 g/mol. The number of amides is 1. The van der Waals surface area contributed by atoms with Gasteiger partial charge >= 0.3 is 0 Å².